The number of rotatable bonds is 5. The van der Waals surface area contributed by atoms with Gasteiger partial charge in [0.05, 0.1) is 6.61 Å². The molecule has 1 fully saturated rings. The normalized spacial score (nSPS) is 17.0. The Morgan fingerprint density at radius 1 is 1.29 bits per heavy atom. The van der Waals surface area contributed by atoms with Gasteiger partial charge >= 0.3 is 0 Å². The molecule has 0 bridgehead atoms. The van der Waals surface area contributed by atoms with E-state index in [1.165, 1.54) is 5.56 Å². The van der Waals surface area contributed by atoms with Crippen LogP contribution in [0.5, 0.6) is 5.75 Å². The minimum Gasteiger partial charge on any atom is -0.493 e. The van der Waals surface area contributed by atoms with Gasteiger partial charge in [-0.05, 0) is 31.9 Å². The molecule has 0 spiro atoms. The van der Waals surface area contributed by atoms with Crippen LogP contribution in [0.15, 0.2) is 24.3 Å². The van der Waals surface area contributed by atoms with Crippen LogP contribution in [0, 0.1) is 5.92 Å². The Balaban J connectivity index is 1.88. The Hall–Kier alpha value is -1.06. The highest BCUT2D eigenvalue weighted by atomic mass is 16.5. The minimum atomic E-state index is 0.645. The van der Waals surface area contributed by atoms with Gasteiger partial charge in [-0.15, -0.1) is 0 Å². The van der Waals surface area contributed by atoms with E-state index in [0.717, 1.165) is 45.0 Å². The van der Waals surface area contributed by atoms with Crippen molar-refractivity contribution in [3.63, 3.8) is 0 Å². The predicted molar refractivity (Wildman–Crippen MR) is 68.2 cm³/mol. The van der Waals surface area contributed by atoms with Crippen molar-refractivity contribution >= 4 is 0 Å². The Labute approximate surface area is 103 Å². The standard InChI is InChI=1S/C14H21NO2/c1-15-10-13-4-2-3-5-14(13)17-11-12-6-8-16-9-7-12/h2-5,12,15H,6-11H2,1H3. The molecule has 0 aromatic heterocycles. The van der Waals surface area contributed by atoms with Gasteiger partial charge in [0.15, 0.2) is 0 Å². The smallest absolute Gasteiger partial charge is 0.123 e. The van der Waals surface area contributed by atoms with Gasteiger partial charge in [-0.2, -0.15) is 0 Å². The first-order valence-electron chi connectivity index (χ1n) is 6.33. The summed E-state index contributed by atoms with van der Waals surface area (Å²) in [5.41, 5.74) is 1.22. The summed E-state index contributed by atoms with van der Waals surface area (Å²) in [6, 6.07) is 8.23. The van der Waals surface area contributed by atoms with Crippen molar-refractivity contribution in [2.75, 3.05) is 26.9 Å². The second-order valence-electron chi connectivity index (χ2n) is 4.50. The molecule has 1 aromatic rings. The van der Waals surface area contributed by atoms with Gasteiger partial charge in [0.1, 0.15) is 5.75 Å². The average molecular weight is 235 g/mol. The second-order valence-corrected chi connectivity index (χ2v) is 4.50. The molecule has 3 nitrogen and oxygen atoms in total. The van der Waals surface area contributed by atoms with E-state index in [1.54, 1.807) is 0 Å². The van der Waals surface area contributed by atoms with E-state index < -0.39 is 0 Å². The van der Waals surface area contributed by atoms with Crippen molar-refractivity contribution in [1.29, 1.82) is 0 Å². The summed E-state index contributed by atoms with van der Waals surface area (Å²) in [6.07, 6.45) is 2.24. The Morgan fingerprint density at radius 2 is 2.06 bits per heavy atom. The molecular formula is C14H21NO2. The summed E-state index contributed by atoms with van der Waals surface area (Å²) < 4.78 is 11.3. The monoisotopic (exact) mass is 235 g/mol. The summed E-state index contributed by atoms with van der Waals surface area (Å²) >= 11 is 0. The molecular weight excluding hydrogens is 214 g/mol. The topological polar surface area (TPSA) is 30.5 Å². The lowest BCUT2D eigenvalue weighted by Crippen LogP contribution is -2.21. The van der Waals surface area contributed by atoms with Gasteiger partial charge in [0.2, 0.25) is 0 Å². The predicted octanol–water partition coefficient (Wildman–Crippen LogP) is 2.21. The van der Waals surface area contributed by atoms with Crippen molar-refractivity contribution in [2.24, 2.45) is 5.92 Å². The third kappa shape index (κ3) is 3.72. The summed E-state index contributed by atoms with van der Waals surface area (Å²) in [6.45, 7) is 3.42. The molecule has 2 rings (SSSR count). The van der Waals surface area contributed by atoms with Crippen molar-refractivity contribution in [3.05, 3.63) is 29.8 Å². The fourth-order valence-corrected chi connectivity index (χ4v) is 2.10. The lowest BCUT2D eigenvalue weighted by molar-refractivity contribution is 0.0496. The van der Waals surface area contributed by atoms with Crippen LogP contribution in [-0.2, 0) is 11.3 Å². The highest BCUT2D eigenvalue weighted by Gasteiger charge is 2.14. The summed E-state index contributed by atoms with van der Waals surface area (Å²) in [7, 11) is 1.95. The van der Waals surface area contributed by atoms with Crippen LogP contribution in [0.3, 0.4) is 0 Å². The first-order chi connectivity index (χ1) is 8.40. The number of hydrogen-bond donors (Lipinski definition) is 1. The molecule has 1 aliphatic heterocycles. The first-order valence-corrected chi connectivity index (χ1v) is 6.33. The quantitative estimate of drug-likeness (QED) is 0.848. The van der Waals surface area contributed by atoms with E-state index in [9.17, 15) is 0 Å². The number of ether oxygens (including phenoxy) is 2. The molecule has 1 saturated heterocycles. The van der Waals surface area contributed by atoms with E-state index in [0.29, 0.717) is 5.92 Å². The lowest BCUT2D eigenvalue weighted by Gasteiger charge is -2.22. The van der Waals surface area contributed by atoms with E-state index >= 15 is 0 Å². The van der Waals surface area contributed by atoms with Crippen LogP contribution in [0.4, 0.5) is 0 Å². The van der Waals surface area contributed by atoms with E-state index in [2.05, 4.69) is 11.4 Å². The fourth-order valence-electron chi connectivity index (χ4n) is 2.10. The molecule has 0 atom stereocenters. The minimum absolute atomic E-state index is 0.645. The van der Waals surface area contributed by atoms with Crippen LogP contribution in [0.2, 0.25) is 0 Å². The molecule has 0 radical (unpaired) electrons. The third-order valence-corrected chi connectivity index (χ3v) is 3.16. The zero-order chi connectivity index (χ0) is 11.9. The maximum atomic E-state index is 5.93. The highest BCUT2D eigenvalue weighted by Crippen LogP contribution is 2.21. The van der Waals surface area contributed by atoms with Crippen LogP contribution >= 0.6 is 0 Å². The molecule has 94 valence electrons. The second kappa shape index (κ2) is 6.62. The largest absolute Gasteiger partial charge is 0.493 e. The van der Waals surface area contributed by atoms with Crippen molar-refractivity contribution in [2.45, 2.75) is 19.4 Å². The molecule has 0 amide bonds. The van der Waals surface area contributed by atoms with Crippen LogP contribution in [0.25, 0.3) is 0 Å². The van der Waals surface area contributed by atoms with E-state index in [1.807, 2.05) is 25.2 Å². The molecule has 0 saturated carbocycles. The van der Waals surface area contributed by atoms with E-state index in [4.69, 9.17) is 9.47 Å². The summed E-state index contributed by atoms with van der Waals surface area (Å²) in [4.78, 5) is 0. The molecule has 1 aliphatic rings. The Bertz CT molecular complexity index is 335. The van der Waals surface area contributed by atoms with Crippen molar-refractivity contribution in [3.8, 4) is 5.75 Å². The first kappa shape index (κ1) is 12.4. The molecule has 0 unspecified atom stereocenters. The lowest BCUT2D eigenvalue weighted by atomic mass is 10.0. The molecule has 1 aromatic carbocycles. The zero-order valence-electron chi connectivity index (χ0n) is 10.4. The van der Waals surface area contributed by atoms with Gasteiger partial charge in [-0.25, -0.2) is 0 Å². The van der Waals surface area contributed by atoms with Crippen LogP contribution < -0.4 is 10.1 Å². The summed E-state index contributed by atoms with van der Waals surface area (Å²) in [5, 5.41) is 3.16. The Kier molecular flexibility index (Phi) is 4.83. The average Bonchev–Trinajstić information content (AvgIpc) is 2.39. The molecule has 1 heterocycles. The third-order valence-electron chi connectivity index (χ3n) is 3.16. The van der Waals surface area contributed by atoms with Crippen LogP contribution in [-0.4, -0.2) is 26.9 Å². The van der Waals surface area contributed by atoms with Gasteiger partial charge in [0, 0.05) is 25.3 Å². The number of para-hydroxylation sites is 1. The number of hydrogen-bond acceptors (Lipinski definition) is 3. The van der Waals surface area contributed by atoms with Gasteiger partial charge < -0.3 is 14.8 Å². The zero-order valence-corrected chi connectivity index (χ0v) is 10.4. The molecule has 17 heavy (non-hydrogen) atoms. The summed E-state index contributed by atoms with van der Waals surface area (Å²) in [5.74, 6) is 1.65. The highest BCUT2D eigenvalue weighted by molar-refractivity contribution is 5.33. The number of nitrogens with one attached hydrogen (secondary N) is 1. The van der Waals surface area contributed by atoms with Gasteiger partial charge in [0.25, 0.3) is 0 Å². The van der Waals surface area contributed by atoms with Crippen molar-refractivity contribution in [1.82, 2.24) is 5.32 Å². The Morgan fingerprint density at radius 3 is 2.82 bits per heavy atom. The molecule has 3 heteroatoms. The maximum absolute atomic E-state index is 5.93. The van der Waals surface area contributed by atoms with Gasteiger partial charge in [-0.1, -0.05) is 18.2 Å². The molecule has 1 N–H and O–H groups in total. The molecule has 0 aliphatic carbocycles. The van der Waals surface area contributed by atoms with E-state index in [-0.39, 0.29) is 0 Å². The maximum Gasteiger partial charge on any atom is 0.123 e. The SMILES string of the molecule is CNCc1ccccc1OCC1CCOCC1. The van der Waals surface area contributed by atoms with Gasteiger partial charge in [-0.3, -0.25) is 0 Å². The fraction of sp³-hybridized carbons (Fsp3) is 0.571. The van der Waals surface area contributed by atoms with Crippen LogP contribution in [0.1, 0.15) is 18.4 Å². The number of benzene rings is 1. The van der Waals surface area contributed by atoms with Crippen molar-refractivity contribution < 1.29 is 9.47 Å².